The van der Waals surface area contributed by atoms with E-state index in [0.717, 1.165) is 24.8 Å². The van der Waals surface area contributed by atoms with Gasteiger partial charge in [-0.3, -0.25) is 10.3 Å². The Hall–Kier alpha value is -2.02. The maximum atomic E-state index is 12.2. The van der Waals surface area contributed by atoms with E-state index in [0.29, 0.717) is 11.0 Å². The van der Waals surface area contributed by atoms with Crippen LogP contribution < -0.4 is 10.6 Å². The highest BCUT2D eigenvalue weighted by atomic mass is 32.1. The summed E-state index contributed by atoms with van der Waals surface area (Å²) in [6.45, 7) is 6.25. The van der Waals surface area contributed by atoms with Gasteiger partial charge in [-0.2, -0.15) is 9.36 Å². The molecule has 2 aromatic rings. The van der Waals surface area contributed by atoms with E-state index in [2.05, 4.69) is 45.7 Å². The van der Waals surface area contributed by atoms with Crippen molar-refractivity contribution in [3.8, 4) is 11.4 Å². The Morgan fingerprint density at radius 1 is 1.18 bits per heavy atom. The number of urea groups is 1. The molecule has 2 rings (SSSR count). The number of aromatic nitrogens is 3. The van der Waals surface area contributed by atoms with Gasteiger partial charge in [0.1, 0.15) is 0 Å². The number of nitrogens with one attached hydrogen (secondary N) is 2. The Morgan fingerprint density at radius 3 is 2.41 bits per heavy atom. The Kier molecular flexibility index (Phi) is 5.43. The zero-order valence-electron chi connectivity index (χ0n) is 13.1. The third-order valence-corrected chi connectivity index (χ3v) is 4.62. The molecule has 0 bridgehead atoms. The van der Waals surface area contributed by atoms with E-state index in [-0.39, 0.29) is 11.6 Å². The normalized spacial score (nSPS) is 11.2. The maximum absolute atomic E-state index is 12.2. The van der Waals surface area contributed by atoms with E-state index in [1.54, 1.807) is 12.4 Å². The fourth-order valence-corrected chi connectivity index (χ4v) is 2.86. The molecule has 2 aromatic heterocycles. The molecule has 0 aromatic carbocycles. The largest absolute Gasteiger partial charge is 0.332 e. The fourth-order valence-electron chi connectivity index (χ4n) is 2.28. The van der Waals surface area contributed by atoms with Crippen molar-refractivity contribution in [2.45, 2.75) is 45.6 Å². The van der Waals surface area contributed by atoms with Gasteiger partial charge in [-0.15, -0.1) is 0 Å². The molecule has 0 saturated heterocycles. The van der Waals surface area contributed by atoms with Crippen LogP contribution in [-0.2, 0) is 0 Å². The van der Waals surface area contributed by atoms with Gasteiger partial charge in [0.05, 0.1) is 0 Å². The number of anilines is 1. The Morgan fingerprint density at radius 2 is 1.82 bits per heavy atom. The third kappa shape index (κ3) is 3.79. The minimum atomic E-state index is -0.233. The lowest BCUT2D eigenvalue weighted by Crippen LogP contribution is -2.48. The van der Waals surface area contributed by atoms with Crippen molar-refractivity contribution in [2.75, 3.05) is 5.32 Å². The molecule has 0 atom stereocenters. The van der Waals surface area contributed by atoms with Gasteiger partial charge in [-0.1, -0.05) is 20.8 Å². The summed E-state index contributed by atoms with van der Waals surface area (Å²) in [5.41, 5.74) is 0.715. The molecule has 0 aliphatic rings. The van der Waals surface area contributed by atoms with Crippen molar-refractivity contribution >= 4 is 22.7 Å². The molecular weight excluding hydrogens is 298 g/mol. The van der Waals surface area contributed by atoms with Crippen LogP contribution in [0, 0.1) is 0 Å². The second kappa shape index (κ2) is 7.31. The number of nitrogens with zero attached hydrogens (tertiary/aromatic N) is 3. The molecule has 0 aliphatic carbocycles. The highest BCUT2D eigenvalue weighted by Crippen LogP contribution is 2.22. The summed E-state index contributed by atoms with van der Waals surface area (Å²) in [6, 6.07) is 3.44. The molecular formula is C15H21N5OS. The van der Waals surface area contributed by atoms with Gasteiger partial charge in [-0.25, -0.2) is 4.79 Å². The van der Waals surface area contributed by atoms with Crippen LogP contribution in [-0.4, -0.2) is 25.9 Å². The summed E-state index contributed by atoms with van der Waals surface area (Å²) in [7, 11) is 0. The molecule has 0 fully saturated rings. The first-order chi connectivity index (χ1) is 10.6. The summed E-state index contributed by atoms with van der Waals surface area (Å²) in [6.07, 6.45) is 6.06. The van der Waals surface area contributed by atoms with Crippen LogP contribution in [0.3, 0.4) is 0 Å². The highest BCUT2D eigenvalue weighted by molar-refractivity contribution is 7.10. The van der Waals surface area contributed by atoms with Gasteiger partial charge in [0.15, 0.2) is 5.82 Å². The molecule has 7 heteroatoms. The molecule has 0 radical (unpaired) electrons. The summed E-state index contributed by atoms with van der Waals surface area (Å²) in [4.78, 5) is 20.5. The number of hydrogen-bond donors (Lipinski definition) is 2. The van der Waals surface area contributed by atoms with Crippen LogP contribution in [0.1, 0.15) is 40.0 Å². The lowest BCUT2D eigenvalue weighted by atomic mass is 9.90. The molecule has 0 saturated carbocycles. The van der Waals surface area contributed by atoms with Gasteiger partial charge in [0.2, 0.25) is 5.13 Å². The van der Waals surface area contributed by atoms with Crippen molar-refractivity contribution in [3.05, 3.63) is 24.5 Å². The Bertz CT molecular complexity index is 601. The number of carbonyl (C=O) groups excluding carboxylic acids is 1. The zero-order chi connectivity index (χ0) is 16.0. The van der Waals surface area contributed by atoms with Gasteiger partial charge in [0, 0.05) is 35.0 Å². The van der Waals surface area contributed by atoms with Gasteiger partial charge < -0.3 is 5.32 Å². The summed E-state index contributed by atoms with van der Waals surface area (Å²) in [5.74, 6) is 0.593. The average molecular weight is 319 g/mol. The Labute approximate surface area is 134 Å². The second-order valence-corrected chi connectivity index (χ2v) is 5.83. The van der Waals surface area contributed by atoms with Gasteiger partial charge in [0.25, 0.3) is 0 Å². The molecule has 2 N–H and O–H groups in total. The standard InChI is InChI=1S/C15H21N5OS/c1-4-15(5-2,6-3)19-13(21)18-14-17-12(20-22-14)11-7-9-16-10-8-11/h7-10H,4-6H2,1-3H3,(H2,17,18,19,20,21). The first-order valence-corrected chi connectivity index (χ1v) is 8.23. The SMILES string of the molecule is CCC(CC)(CC)NC(=O)Nc1nc(-c2ccncc2)ns1. The molecule has 22 heavy (non-hydrogen) atoms. The smallest absolute Gasteiger partial charge is 0.321 e. The first-order valence-electron chi connectivity index (χ1n) is 7.45. The van der Waals surface area contributed by atoms with E-state index in [9.17, 15) is 4.79 Å². The van der Waals surface area contributed by atoms with Gasteiger partial charge >= 0.3 is 6.03 Å². The summed E-state index contributed by atoms with van der Waals surface area (Å²) in [5, 5.41) is 6.31. The predicted octanol–water partition coefficient (Wildman–Crippen LogP) is 3.69. The van der Waals surface area contributed by atoms with Crippen LogP contribution in [0.15, 0.2) is 24.5 Å². The zero-order valence-corrected chi connectivity index (χ0v) is 13.9. The minimum absolute atomic E-state index is 0.164. The number of amides is 2. The molecule has 0 aliphatic heterocycles. The van der Waals surface area contributed by atoms with Crippen LogP contribution in [0.5, 0.6) is 0 Å². The fraction of sp³-hybridized carbons (Fsp3) is 0.467. The maximum Gasteiger partial charge on any atom is 0.321 e. The van der Waals surface area contributed by atoms with Crippen molar-refractivity contribution < 1.29 is 4.79 Å². The number of carbonyl (C=O) groups is 1. The van der Waals surface area contributed by atoms with Crippen LogP contribution in [0.4, 0.5) is 9.93 Å². The van der Waals surface area contributed by atoms with E-state index in [4.69, 9.17) is 0 Å². The summed E-state index contributed by atoms with van der Waals surface area (Å²) < 4.78 is 4.26. The lowest BCUT2D eigenvalue weighted by Gasteiger charge is -2.31. The van der Waals surface area contributed by atoms with E-state index >= 15 is 0 Å². The molecule has 0 unspecified atom stereocenters. The number of pyridine rings is 1. The topological polar surface area (TPSA) is 79.8 Å². The molecule has 0 spiro atoms. The van der Waals surface area contributed by atoms with Crippen molar-refractivity contribution in [3.63, 3.8) is 0 Å². The predicted molar refractivity (Wildman–Crippen MR) is 88.9 cm³/mol. The number of hydrogen-bond acceptors (Lipinski definition) is 5. The van der Waals surface area contributed by atoms with Crippen molar-refractivity contribution in [1.82, 2.24) is 19.7 Å². The minimum Gasteiger partial charge on any atom is -0.332 e. The molecule has 6 nitrogen and oxygen atoms in total. The monoisotopic (exact) mass is 319 g/mol. The van der Waals surface area contributed by atoms with Crippen molar-refractivity contribution in [1.29, 1.82) is 0 Å². The summed E-state index contributed by atoms with van der Waals surface area (Å²) >= 11 is 1.17. The average Bonchev–Trinajstić information content (AvgIpc) is 3.02. The second-order valence-electron chi connectivity index (χ2n) is 5.08. The number of rotatable bonds is 6. The highest BCUT2D eigenvalue weighted by Gasteiger charge is 2.26. The first kappa shape index (κ1) is 16.4. The van der Waals surface area contributed by atoms with Gasteiger partial charge in [-0.05, 0) is 31.4 Å². The van der Waals surface area contributed by atoms with Crippen LogP contribution in [0.2, 0.25) is 0 Å². The third-order valence-electron chi connectivity index (χ3n) is 3.99. The lowest BCUT2D eigenvalue weighted by molar-refractivity contribution is 0.229. The molecule has 2 amide bonds. The van der Waals surface area contributed by atoms with Crippen molar-refractivity contribution in [2.24, 2.45) is 0 Å². The van der Waals surface area contributed by atoms with E-state index < -0.39 is 0 Å². The Balaban J connectivity index is 2.02. The molecule has 2 heterocycles. The van der Waals surface area contributed by atoms with E-state index in [1.807, 2.05) is 12.1 Å². The quantitative estimate of drug-likeness (QED) is 0.851. The van der Waals surface area contributed by atoms with E-state index in [1.165, 1.54) is 11.5 Å². The molecule has 118 valence electrons. The van der Waals surface area contributed by atoms with Crippen LogP contribution >= 0.6 is 11.5 Å². The van der Waals surface area contributed by atoms with Crippen LogP contribution in [0.25, 0.3) is 11.4 Å².